The van der Waals surface area contributed by atoms with E-state index in [-0.39, 0.29) is 35.2 Å². The predicted octanol–water partition coefficient (Wildman–Crippen LogP) is 0.228. The van der Waals surface area contributed by atoms with Gasteiger partial charge in [0.15, 0.2) is 0 Å². The predicted molar refractivity (Wildman–Crippen MR) is 65.5 cm³/mol. The largest absolute Gasteiger partial charge is 2.00 e. The molecule has 0 aliphatic rings. The molecule has 0 radical (unpaired) electrons. The van der Waals surface area contributed by atoms with Gasteiger partial charge < -0.3 is 27.3 Å². The molecule has 8 heteroatoms. The van der Waals surface area contributed by atoms with Gasteiger partial charge in [-0.1, -0.05) is 6.07 Å². The molecule has 6 nitrogen and oxygen atoms in total. The summed E-state index contributed by atoms with van der Waals surface area (Å²) < 4.78 is 15.0. The van der Waals surface area contributed by atoms with E-state index in [0.29, 0.717) is 11.4 Å². The summed E-state index contributed by atoms with van der Waals surface area (Å²) in [6, 6.07) is 5.18. The van der Waals surface area contributed by atoms with Gasteiger partial charge in [-0.25, -0.2) is 0 Å². The van der Waals surface area contributed by atoms with Crippen LogP contribution in [0.2, 0.25) is 0 Å². The van der Waals surface area contributed by atoms with Crippen molar-refractivity contribution in [3.05, 3.63) is 42.9 Å². The van der Waals surface area contributed by atoms with Gasteiger partial charge in [0.1, 0.15) is 0 Å². The van der Waals surface area contributed by atoms with Crippen molar-refractivity contribution >= 4 is 24.0 Å². The molecular weight excluding hydrogens is 326 g/mol. The Morgan fingerprint density at radius 2 is 1.75 bits per heavy atom. The molecule has 1 aromatic rings. The fourth-order valence-corrected chi connectivity index (χ4v) is 0.790. The van der Waals surface area contributed by atoms with E-state index >= 15 is 0 Å². The molecule has 1 heterocycles. The second-order valence-corrected chi connectivity index (χ2v) is 3.17. The molecular formula is C12H11FeNO5S. The Morgan fingerprint density at radius 1 is 1.35 bits per heavy atom. The van der Waals surface area contributed by atoms with Gasteiger partial charge in [-0.05, 0) is 19.1 Å². The maximum atomic E-state index is 9.95. The summed E-state index contributed by atoms with van der Waals surface area (Å²) in [4.78, 5) is 23.2. The number of hydrogen-bond donors (Lipinski definition) is 1. The fourth-order valence-electron chi connectivity index (χ4n) is 0.790. The van der Waals surface area contributed by atoms with Crippen LogP contribution >= 0.6 is 0 Å². The average Bonchev–Trinajstić information content (AvgIpc) is 2.43. The van der Waals surface area contributed by atoms with Crippen LogP contribution in [0.5, 0.6) is 0 Å². The summed E-state index contributed by atoms with van der Waals surface area (Å²) in [5.74, 6) is 0. The number of hydrogen-bond acceptors (Lipinski definition) is 5. The molecule has 0 amide bonds. The maximum Gasteiger partial charge on any atom is 2.00 e. The van der Waals surface area contributed by atoms with Crippen molar-refractivity contribution in [1.29, 1.82) is 0 Å². The SMILES string of the molecule is CC(=O)[S-].O=[C-]Cc1cccc(CO)n1.[C-]#[O+].[C-]#[O+].[Fe+2]. The van der Waals surface area contributed by atoms with Crippen molar-refractivity contribution in [2.45, 2.75) is 20.0 Å². The van der Waals surface area contributed by atoms with E-state index < -0.39 is 0 Å². The van der Waals surface area contributed by atoms with Crippen LogP contribution in [0.3, 0.4) is 0 Å². The van der Waals surface area contributed by atoms with Crippen LogP contribution in [0, 0.1) is 13.3 Å². The zero-order chi connectivity index (χ0) is 15.7. The van der Waals surface area contributed by atoms with Gasteiger partial charge in [-0.2, -0.15) is 0 Å². The van der Waals surface area contributed by atoms with Crippen LogP contribution in [-0.4, -0.2) is 21.5 Å². The fraction of sp³-hybridized carbons (Fsp3) is 0.250. The topological polar surface area (TPSA) is 107 Å². The van der Waals surface area contributed by atoms with Crippen molar-refractivity contribution in [2.75, 3.05) is 0 Å². The van der Waals surface area contributed by atoms with E-state index in [1.807, 2.05) is 0 Å². The van der Waals surface area contributed by atoms with E-state index in [2.05, 4.69) is 30.9 Å². The third kappa shape index (κ3) is 21.9. The first-order valence-corrected chi connectivity index (χ1v) is 5.00. The van der Waals surface area contributed by atoms with Crippen molar-refractivity contribution in [3.8, 4) is 0 Å². The van der Waals surface area contributed by atoms with Crippen LogP contribution in [0.15, 0.2) is 18.2 Å². The van der Waals surface area contributed by atoms with Crippen molar-refractivity contribution in [1.82, 2.24) is 4.98 Å². The molecule has 0 bridgehead atoms. The Morgan fingerprint density at radius 3 is 2.10 bits per heavy atom. The number of carbonyl (C=O) groups excluding carboxylic acids is 2. The van der Waals surface area contributed by atoms with E-state index in [1.165, 1.54) is 6.92 Å². The van der Waals surface area contributed by atoms with E-state index in [9.17, 15) is 9.59 Å². The molecule has 0 spiro atoms. The van der Waals surface area contributed by atoms with E-state index in [0.717, 1.165) is 0 Å². The summed E-state index contributed by atoms with van der Waals surface area (Å²) >= 11 is 3.98. The van der Waals surface area contributed by atoms with Gasteiger partial charge in [-0.3, -0.25) is 11.3 Å². The summed E-state index contributed by atoms with van der Waals surface area (Å²) in [6.45, 7) is 10.3. The zero-order valence-electron chi connectivity index (χ0n) is 10.4. The molecule has 20 heavy (non-hydrogen) atoms. The van der Waals surface area contributed by atoms with Crippen molar-refractivity contribution < 1.29 is 41.1 Å². The van der Waals surface area contributed by atoms with Gasteiger partial charge in [0, 0.05) is 10.8 Å². The molecule has 0 saturated carbocycles. The van der Waals surface area contributed by atoms with Crippen LogP contribution in [0.4, 0.5) is 0 Å². The minimum atomic E-state index is -0.250. The molecule has 0 unspecified atom stereocenters. The first-order valence-electron chi connectivity index (χ1n) is 4.59. The molecule has 0 saturated heterocycles. The molecule has 0 fully saturated rings. The smallest absolute Gasteiger partial charge is 2.00 e. The standard InChI is InChI=1S/C8H8NO2.C2H4OS.2CO.Fe/c10-5-4-7-2-1-3-8(6-11)9-7;1-2(3)4;2*1-2;/h1-3,11H,4,6H2;1H3,(H,3,4);;;/q-1;;;;+2/p-1. The second-order valence-electron chi connectivity index (χ2n) is 2.59. The first-order chi connectivity index (χ1) is 9.10. The Bertz CT molecular complexity index is 399. The van der Waals surface area contributed by atoms with Gasteiger partial charge >= 0.3 is 39.7 Å². The Labute approximate surface area is 133 Å². The third-order valence-corrected chi connectivity index (χ3v) is 1.28. The monoisotopic (exact) mass is 337 g/mol. The van der Waals surface area contributed by atoms with Gasteiger partial charge in [0.2, 0.25) is 0 Å². The Kier molecular flexibility index (Phi) is 30.9. The number of aliphatic hydroxyl groups excluding tert-OH is 1. The van der Waals surface area contributed by atoms with Gasteiger partial charge in [0.05, 0.1) is 12.3 Å². The molecule has 1 rings (SSSR count). The number of nitrogens with zero attached hydrogens (tertiary/aromatic N) is 1. The quantitative estimate of drug-likeness (QED) is 0.368. The van der Waals surface area contributed by atoms with Gasteiger partial charge in [0.25, 0.3) is 0 Å². The number of carbonyl (C=O) groups is 1. The van der Waals surface area contributed by atoms with Crippen molar-refractivity contribution in [2.24, 2.45) is 0 Å². The second kappa shape index (κ2) is 22.8. The first kappa shape index (κ1) is 27.1. The minimum absolute atomic E-state index is 0. The summed E-state index contributed by atoms with van der Waals surface area (Å²) in [6.07, 6.45) is 1.93. The van der Waals surface area contributed by atoms with Crippen LogP contribution in [0.25, 0.3) is 0 Å². The molecule has 1 N–H and O–H groups in total. The molecule has 0 aliphatic carbocycles. The van der Waals surface area contributed by atoms with E-state index in [1.54, 1.807) is 24.5 Å². The maximum absolute atomic E-state index is 9.95. The number of rotatable bonds is 3. The zero-order valence-corrected chi connectivity index (χ0v) is 12.4. The normalized spacial score (nSPS) is 6.70. The summed E-state index contributed by atoms with van der Waals surface area (Å²) in [5.41, 5.74) is 1.23. The number of pyridine rings is 1. The summed E-state index contributed by atoms with van der Waals surface area (Å²) in [5, 5.41) is 8.42. The molecule has 0 aromatic carbocycles. The van der Waals surface area contributed by atoms with Crippen LogP contribution < -0.4 is 0 Å². The third-order valence-electron chi connectivity index (χ3n) is 1.28. The molecule has 0 aliphatic heterocycles. The average molecular weight is 337 g/mol. The minimum Gasteiger partial charge on any atom is 2.00 e. The van der Waals surface area contributed by atoms with E-state index in [4.69, 9.17) is 14.4 Å². The molecule has 1 aromatic heterocycles. The molecule has 108 valence electrons. The van der Waals surface area contributed by atoms with Crippen LogP contribution in [0.1, 0.15) is 18.3 Å². The van der Waals surface area contributed by atoms with Crippen LogP contribution in [-0.2, 0) is 61.6 Å². The Hall–Kier alpha value is -1.33. The Balaban J connectivity index is -0.000000122. The van der Waals surface area contributed by atoms with Crippen molar-refractivity contribution in [3.63, 3.8) is 0 Å². The summed E-state index contributed by atoms with van der Waals surface area (Å²) in [7, 11) is 0. The van der Waals surface area contributed by atoms with Gasteiger partial charge in [-0.15, -0.1) is 6.42 Å². The number of aliphatic hydroxyl groups is 1. The molecule has 0 atom stereocenters. The number of aromatic nitrogens is 1.